The van der Waals surface area contributed by atoms with Crippen molar-refractivity contribution >= 4 is 33.8 Å². The van der Waals surface area contributed by atoms with E-state index in [1.165, 1.54) is 13.0 Å². The Bertz CT molecular complexity index is 738. The van der Waals surface area contributed by atoms with Crippen LogP contribution in [0.4, 0.5) is 15.1 Å². The molecule has 2 aromatic rings. The van der Waals surface area contributed by atoms with Gasteiger partial charge >= 0.3 is 5.97 Å². The monoisotopic (exact) mass is 337 g/mol. The van der Waals surface area contributed by atoms with Gasteiger partial charge < -0.3 is 10.4 Å². The summed E-state index contributed by atoms with van der Waals surface area (Å²) in [6.45, 7) is 8.72. The topological polar surface area (TPSA) is 66.4 Å². The van der Waals surface area contributed by atoms with Gasteiger partial charge in [-0.2, -0.15) is 0 Å². The molecule has 0 saturated heterocycles. The maximum atomic E-state index is 13.9. The van der Waals surface area contributed by atoms with Gasteiger partial charge in [0, 0.05) is 0 Å². The molecule has 0 amide bonds. The maximum Gasteiger partial charge on any atom is 0.339 e. The number of hydrogen-bond donors (Lipinski definition) is 2. The number of anilines is 2. The molecule has 1 heterocycles. The second-order valence-electron chi connectivity index (χ2n) is 4.73. The van der Waals surface area contributed by atoms with Crippen LogP contribution in [0.5, 0.6) is 0 Å². The summed E-state index contributed by atoms with van der Waals surface area (Å²) in [6, 6.07) is 4.62. The predicted octanol–water partition coefficient (Wildman–Crippen LogP) is 5.17. The number of carbonyl (C=O) groups is 2. The lowest BCUT2D eigenvalue weighted by Gasteiger charge is -2.07. The zero-order chi connectivity index (χ0) is 17.7. The Morgan fingerprint density at radius 2 is 1.83 bits per heavy atom. The molecule has 2 rings (SSSR count). The van der Waals surface area contributed by atoms with Crippen LogP contribution >= 0.6 is 11.3 Å². The van der Waals surface area contributed by atoms with E-state index in [-0.39, 0.29) is 22.0 Å². The van der Waals surface area contributed by atoms with E-state index < -0.39 is 11.8 Å². The van der Waals surface area contributed by atoms with Crippen LogP contribution in [0, 0.1) is 19.7 Å². The van der Waals surface area contributed by atoms with Gasteiger partial charge in [-0.1, -0.05) is 19.9 Å². The number of carboxylic acid groups (broad SMARTS) is 1. The van der Waals surface area contributed by atoms with Gasteiger partial charge in [-0.05, 0) is 44.0 Å². The van der Waals surface area contributed by atoms with Crippen molar-refractivity contribution in [1.29, 1.82) is 0 Å². The highest BCUT2D eigenvalue weighted by molar-refractivity contribution is 7.18. The smallest absolute Gasteiger partial charge is 0.339 e. The summed E-state index contributed by atoms with van der Waals surface area (Å²) in [5, 5.41) is 12.3. The first kappa shape index (κ1) is 18.8. The van der Waals surface area contributed by atoms with E-state index in [2.05, 4.69) is 5.32 Å². The lowest BCUT2D eigenvalue weighted by atomic mass is 10.1. The zero-order valence-corrected chi connectivity index (χ0v) is 14.6. The highest BCUT2D eigenvalue weighted by atomic mass is 32.1. The van der Waals surface area contributed by atoms with Gasteiger partial charge in [0.25, 0.3) is 0 Å². The standard InChI is InChI=1S/C15H14FNO3S.C2H6/c1-7-4-5-11(10(16)6-7)17-14-12(15(19)20)8(2)13(21-14)9(3)18;1-2/h4-6,17H,1-3H3,(H,19,20);1-2H3. The number of nitrogens with one attached hydrogen (secondary N) is 1. The molecule has 124 valence electrons. The number of carboxylic acids is 1. The van der Waals surface area contributed by atoms with Crippen LogP contribution in [0.25, 0.3) is 0 Å². The van der Waals surface area contributed by atoms with Crippen LogP contribution in [0.2, 0.25) is 0 Å². The summed E-state index contributed by atoms with van der Waals surface area (Å²) in [7, 11) is 0. The summed E-state index contributed by atoms with van der Waals surface area (Å²) in [5.74, 6) is -1.83. The van der Waals surface area contributed by atoms with E-state index in [9.17, 15) is 19.1 Å². The van der Waals surface area contributed by atoms with Crippen molar-refractivity contribution in [3.8, 4) is 0 Å². The fourth-order valence-electron chi connectivity index (χ4n) is 2.04. The van der Waals surface area contributed by atoms with Crippen LogP contribution in [-0.4, -0.2) is 16.9 Å². The van der Waals surface area contributed by atoms with Crippen molar-refractivity contribution in [3.63, 3.8) is 0 Å². The molecule has 6 heteroatoms. The second-order valence-corrected chi connectivity index (χ2v) is 5.75. The summed E-state index contributed by atoms with van der Waals surface area (Å²) >= 11 is 1.02. The quantitative estimate of drug-likeness (QED) is 0.755. The number of aryl methyl sites for hydroxylation is 1. The molecule has 0 aliphatic heterocycles. The van der Waals surface area contributed by atoms with E-state index >= 15 is 0 Å². The molecule has 0 bridgehead atoms. The average Bonchev–Trinajstić information content (AvgIpc) is 2.81. The first-order valence-corrected chi connectivity index (χ1v) is 8.03. The maximum absolute atomic E-state index is 13.9. The fourth-order valence-corrected chi connectivity index (χ4v) is 3.15. The molecule has 0 aliphatic carbocycles. The molecule has 1 aromatic carbocycles. The fraction of sp³-hybridized carbons (Fsp3) is 0.294. The molecule has 1 aromatic heterocycles. The molecular formula is C17H20FNO3S. The largest absolute Gasteiger partial charge is 0.478 e. The Morgan fingerprint density at radius 3 is 2.30 bits per heavy atom. The SMILES string of the molecule is CC.CC(=O)c1sc(Nc2ccc(C)cc2F)c(C(=O)O)c1C. The lowest BCUT2D eigenvalue weighted by Crippen LogP contribution is -2.03. The third kappa shape index (κ3) is 4.16. The molecule has 0 fully saturated rings. The zero-order valence-electron chi connectivity index (χ0n) is 13.8. The molecule has 0 radical (unpaired) electrons. The summed E-state index contributed by atoms with van der Waals surface area (Å²) < 4.78 is 13.9. The van der Waals surface area contributed by atoms with Gasteiger partial charge in [0.05, 0.1) is 16.1 Å². The Hall–Kier alpha value is -2.21. The first-order chi connectivity index (χ1) is 10.8. The molecule has 2 N–H and O–H groups in total. The molecule has 23 heavy (non-hydrogen) atoms. The van der Waals surface area contributed by atoms with Gasteiger partial charge in [-0.15, -0.1) is 11.3 Å². The van der Waals surface area contributed by atoms with E-state index in [0.717, 1.165) is 16.9 Å². The Balaban J connectivity index is 0.00000127. The van der Waals surface area contributed by atoms with Gasteiger partial charge in [0.15, 0.2) is 5.78 Å². The normalized spacial score (nSPS) is 9.83. The van der Waals surface area contributed by atoms with Crippen LogP contribution < -0.4 is 5.32 Å². The van der Waals surface area contributed by atoms with Crippen molar-refractivity contribution in [3.05, 3.63) is 45.6 Å². The lowest BCUT2D eigenvalue weighted by molar-refractivity contribution is 0.0697. The summed E-state index contributed by atoms with van der Waals surface area (Å²) in [6.07, 6.45) is 0. The minimum atomic E-state index is -1.15. The van der Waals surface area contributed by atoms with Crippen molar-refractivity contribution < 1.29 is 19.1 Å². The molecule has 4 nitrogen and oxygen atoms in total. The Kier molecular flexibility index (Phi) is 6.45. The first-order valence-electron chi connectivity index (χ1n) is 7.22. The highest BCUT2D eigenvalue weighted by Crippen LogP contribution is 2.36. The molecule has 0 aliphatic rings. The van der Waals surface area contributed by atoms with E-state index in [1.807, 2.05) is 13.8 Å². The molecule has 0 unspecified atom stereocenters. The summed E-state index contributed by atoms with van der Waals surface area (Å²) in [5.41, 5.74) is 1.35. The summed E-state index contributed by atoms with van der Waals surface area (Å²) in [4.78, 5) is 23.3. The van der Waals surface area contributed by atoms with Gasteiger partial charge in [-0.3, -0.25) is 4.79 Å². The molecular weight excluding hydrogens is 317 g/mol. The minimum Gasteiger partial charge on any atom is -0.478 e. The molecule has 0 saturated carbocycles. The minimum absolute atomic E-state index is 0.00479. The van der Waals surface area contributed by atoms with Gasteiger partial charge in [-0.25, -0.2) is 9.18 Å². The van der Waals surface area contributed by atoms with E-state index in [4.69, 9.17) is 0 Å². The van der Waals surface area contributed by atoms with Crippen molar-refractivity contribution in [2.75, 3.05) is 5.32 Å². The van der Waals surface area contributed by atoms with Gasteiger partial charge in [0.1, 0.15) is 10.8 Å². The predicted molar refractivity (Wildman–Crippen MR) is 91.8 cm³/mol. The number of ketones is 1. The number of Topliss-reactive ketones (excluding diaryl/α,β-unsaturated/α-hetero) is 1. The highest BCUT2D eigenvalue weighted by Gasteiger charge is 2.23. The number of carbonyl (C=O) groups excluding carboxylic acids is 1. The third-order valence-corrected chi connectivity index (χ3v) is 4.36. The number of rotatable bonds is 4. The van der Waals surface area contributed by atoms with Crippen LogP contribution in [0.15, 0.2) is 18.2 Å². The molecule has 0 spiro atoms. The molecule has 0 atom stereocenters. The van der Waals surface area contributed by atoms with E-state index in [0.29, 0.717) is 10.4 Å². The second kappa shape index (κ2) is 7.87. The van der Waals surface area contributed by atoms with Crippen LogP contribution in [-0.2, 0) is 0 Å². The number of halogens is 1. The van der Waals surface area contributed by atoms with Crippen molar-refractivity contribution in [2.24, 2.45) is 0 Å². The number of aromatic carboxylic acids is 1. The number of hydrogen-bond acceptors (Lipinski definition) is 4. The number of benzene rings is 1. The third-order valence-electron chi connectivity index (χ3n) is 3.05. The van der Waals surface area contributed by atoms with Crippen molar-refractivity contribution in [2.45, 2.75) is 34.6 Å². The van der Waals surface area contributed by atoms with Gasteiger partial charge in [0.2, 0.25) is 0 Å². The Labute approximate surface area is 139 Å². The Morgan fingerprint density at radius 1 is 1.22 bits per heavy atom. The van der Waals surface area contributed by atoms with Crippen LogP contribution in [0.1, 0.15) is 51.9 Å². The average molecular weight is 337 g/mol. The van der Waals surface area contributed by atoms with Crippen LogP contribution in [0.3, 0.4) is 0 Å². The van der Waals surface area contributed by atoms with E-state index in [1.54, 1.807) is 26.0 Å². The van der Waals surface area contributed by atoms with Crippen molar-refractivity contribution in [1.82, 2.24) is 0 Å². The number of thiophene rings is 1.